The van der Waals surface area contributed by atoms with E-state index >= 15 is 0 Å². The van der Waals surface area contributed by atoms with Crippen molar-refractivity contribution in [2.24, 2.45) is 0 Å². The Bertz CT molecular complexity index is 822. The summed E-state index contributed by atoms with van der Waals surface area (Å²) in [6, 6.07) is 10.8. The standard InChI is InChI=1S/C19H19FN2O3/c1-3-25-14-8-9-17-15(10-14)18(21-12(2)23)19(24)22(17)11-13-6-4-5-7-16(13)20/h4-10,18H,3,11H2,1-2H3,(H,21,23)/t18-/m0/s1. The highest BCUT2D eigenvalue weighted by molar-refractivity contribution is 6.06. The molecule has 0 aromatic heterocycles. The minimum Gasteiger partial charge on any atom is -0.494 e. The number of benzene rings is 2. The number of rotatable bonds is 5. The van der Waals surface area contributed by atoms with Gasteiger partial charge in [0.15, 0.2) is 0 Å². The maximum atomic E-state index is 14.0. The van der Waals surface area contributed by atoms with Gasteiger partial charge in [-0.15, -0.1) is 0 Å². The summed E-state index contributed by atoms with van der Waals surface area (Å²) in [5.41, 5.74) is 1.72. The SMILES string of the molecule is CCOc1ccc2c(c1)[C@H](NC(C)=O)C(=O)N2Cc1ccccc1F. The minimum absolute atomic E-state index is 0.0998. The zero-order chi connectivity index (χ0) is 18.0. The van der Waals surface area contributed by atoms with E-state index < -0.39 is 6.04 Å². The van der Waals surface area contributed by atoms with Gasteiger partial charge in [0, 0.05) is 18.1 Å². The fraction of sp³-hybridized carbons (Fsp3) is 0.263. The third-order valence-electron chi connectivity index (χ3n) is 4.06. The van der Waals surface area contributed by atoms with Gasteiger partial charge in [-0.3, -0.25) is 9.59 Å². The molecule has 1 atom stereocenters. The molecule has 0 saturated carbocycles. The molecule has 130 valence electrons. The Labute approximate surface area is 145 Å². The molecule has 1 N–H and O–H groups in total. The molecule has 2 aromatic carbocycles. The molecule has 3 rings (SSSR count). The van der Waals surface area contributed by atoms with E-state index in [2.05, 4.69) is 5.32 Å². The lowest BCUT2D eigenvalue weighted by molar-refractivity contribution is -0.126. The zero-order valence-electron chi connectivity index (χ0n) is 14.1. The van der Waals surface area contributed by atoms with Gasteiger partial charge in [-0.25, -0.2) is 4.39 Å². The Kier molecular flexibility index (Phi) is 4.70. The predicted molar refractivity (Wildman–Crippen MR) is 91.8 cm³/mol. The lowest BCUT2D eigenvalue weighted by atomic mass is 10.1. The number of carbonyl (C=O) groups is 2. The average molecular weight is 342 g/mol. The number of fused-ring (bicyclic) bond motifs is 1. The van der Waals surface area contributed by atoms with Gasteiger partial charge in [0.05, 0.1) is 18.8 Å². The maximum Gasteiger partial charge on any atom is 0.254 e. The Morgan fingerprint density at radius 3 is 2.72 bits per heavy atom. The van der Waals surface area contributed by atoms with E-state index in [1.54, 1.807) is 36.4 Å². The second-order valence-corrected chi connectivity index (χ2v) is 5.80. The first kappa shape index (κ1) is 17.0. The van der Waals surface area contributed by atoms with Crippen molar-refractivity contribution in [2.45, 2.75) is 26.4 Å². The summed E-state index contributed by atoms with van der Waals surface area (Å²) in [6.07, 6.45) is 0. The molecule has 0 saturated heterocycles. The summed E-state index contributed by atoms with van der Waals surface area (Å²) in [5, 5.41) is 2.67. The molecule has 0 fully saturated rings. The van der Waals surface area contributed by atoms with Gasteiger partial charge in [-0.05, 0) is 31.2 Å². The third kappa shape index (κ3) is 3.33. The van der Waals surface area contributed by atoms with Crippen LogP contribution in [0.3, 0.4) is 0 Å². The molecule has 0 aliphatic carbocycles. The van der Waals surface area contributed by atoms with E-state index in [1.807, 2.05) is 6.92 Å². The number of hydrogen-bond donors (Lipinski definition) is 1. The number of ether oxygens (including phenoxy) is 1. The number of nitrogens with zero attached hydrogens (tertiary/aromatic N) is 1. The number of carbonyl (C=O) groups excluding carboxylic acids is 2. The first-order valence-electron chi connectivity index (χ1n) is 8.10. The molecule has 1 heterocycles. The van der Waals surface area contributed by atoms with Crippen LogP contribution < -0.4 is 15.0 Å². The normalized spacial score (nSPS) is 15.9. The van der Waals surface area contributed by atoms with E-state index in [9.17, 15) is 14.0 Å². The van der Waals surface area contributed by atoms with Crippen LogP contribution in [0.15, 0.2) is 42.5 Å². The van der Waals surface area contributed by atoms with Crippen LogP contribution in [0.5, 0.6) is 5.75 Å². The van der Waals surface area contributed by atoms with E-state index in [0.717, 1.165) is 0 Å². The number of amides is 2. The minimum atomic E-state index is -0.792. The fourth-order valence-electron chi connectivity index (χ4n) is 2.98. The van der Waals surface area contributed by atoms with Crippen LogP contribution in [-0.2, 0) is 16.1 Å². The Balaban J connectivity index is 1.99. The van der Waals surface area contributed by atoms with E-state index in [1.165, 1.54) is 17.9 Å². The van der Waals surface area contributed by atoms with Gasteiger partial charge in [-0.1, -0.05) is 18.2 Å². The summed E-state index contributed by atoms with van der Waals surface area (Å²) < 4.78 is 19.5. The van der Waals surface area contributed by atoms with Crippen LogP contribution in [0.2, 0.25) is 0 Å². The van der Waals surface area contributed by atoms with Crippen LogP contribution >= 0.6 is 0 Å². The number of halogens is 1. The Morgan fingerprint density at radius 1 is 1.28 bits per heavy atom. The van der Waals surface area contributed by atoms with Crippen molar-refractivity contribution in [2.75, 3.05) is 11.5 Å². The molecular weight excluding hydrogens is 323 g/mol. The van der Waals surface area contributed by atoms with Crippen molar-refractivity contribution >= 4 is 17.5 Å². The van der Waals surface area contributed by atoms with Crippen LogP contribution in [0.1, 0.15) is 31.0 Å². The van der Waals surface area contributed by atoms with Crippen molar-refractivity contribution in [3.63, 3.8) is 0 Å². The van der Waals surface area contributed by atoms with E-state index in [-0.39, 0.29) is 24.2 Å². The van der Waals surface area contributed by atoms with Crippen LogP contribution in [0.25, 0.3) is 0 Å². The van der Waals surface area contributed by atoms with Crippen LogP contribution in [0, 0.1) is 5.82 Å². The lowest BCUT2D eigenvalue weighted by Gasteiger charge is -2.18. The molecule has 6 heteroatoms. The Morgan fingerprint density at radius 2 is 2.04 bits per heavy atom. The molecule has 25 heavy (non-hydrogen) atoms. The van der Waals surface area contributed by atoms with Crippen molar-refractivity contribution in [3.05, 3.63) is 59.4 Å². The van der Waals surface area contributed by atoms with Gasteiger partial charge in [-0.2, -0.15) is 0 Å². The van der Waals surface area contributed by atoms with Crippen molar-refractivity contribution < 1.29 is 18.7 Å². The predicted octanol–water partition coefficient (Wildman–Crippen LogP) is 2.95. The van der Waals surface area contributed by atoms with Crippen molar-refractivity contribution in [3.8, 4) is 5.75 Å². The highest BCUT2D eigenvalue weighted by Gasteiger charge is 2.38. The monoisotopic (exact) mass is 342 g/mol. The largest absolute Gasteiger partial charge is 0.494 e. The molecule has 1 aliphatic rings. The second-order valence-electron chi connectivity index (χ2n) is 5.80. The number of anilines is 1. The molecular formula is C19H19FN2O3. The van der Waals surface area contributed by atoms with E-state index in [4.69, 9.17) is 4.74 Å². The summed E-state index contributed by atoms with van der Waals surface area (Å²) >= 11 is 0. The molecule has 5 nitrogen and oxygen atoms in total. The lowest BCUT2D eigenvalue weighted by Crippen LogP contribution is -2.36. The summed E-state index contributed by atoms with van der Waals surface area (Å²) in [5.74, 6) is -0.344. The zero-order valence-corrected chi connectivity index (χ0v) is 14.1. The molecule has 1 aliphatic heterocycles. The second kappa shape index (κ2) is 6.93. The quantitative estimate of drug-likeness (QED) is 0.909. The molecule has 0 unspecified atom stereocenters. The molecule has 0 bridgehead atoms. The fourth-order valence-corrected chi connectivity index (χ4v) is 2.98. The smallest absolute Gasteiger partial charge is 0.254 e. The van der Waals surface area contributed by atoms with Crippen LogP contribution in [-0.4, -0.2) is 18.4 Å². The molecule has 0 spiro atoms. The van der Waals surface area contributed by atoms with E-state index in [0.29, 0.717) is 29.2 Å². The highest BCUT2D eigenvalue weighted by Crippen LogP contribution is 2.39. The van der Waals surface area contributed by atoms with Gasteiger partial charge in [0.2, 0.25) is 5.91 Å². The molecule has 2 amide bonds. The topological polar surface area (TPSA) is 58.6 Å². The molecule has 2 aromatic rings. The van der Waals surface area contributed by atoms with Crippen molar-refractivity contribution in [1.82, 2.24) is 5.32 Å². The van der Waals surface area contributed by atoms with Crippen LogP contribution in [0.4, 0.5) is 10.1 Å². The average Bonchev–Trinajstić information content (AvgIpc) is 2.82. The van der Waals surface area contributed by atoms with Crippen molar-refractivity contribution in [1.29, 1.82) is 0 Å². The van der Waals surface area contributed by atoms with Gasteiger partial charge < -0.3 is 15.0 Å². The van der Waals surface area contributed by atoms with Gasteiger partial charge in [0.25, 0.3) is 5.91 Å². The van der Waals surface area contributed by atoms with Gasteiger partial charge in [0.1, 0.15) is 17.6 Å². The number of hydrogen-bond acceptors (Lipinski definition) is 3. The summed E-state index contributed by atoms with van der Waals surface area (Å²) in [7, 11) is 0. The third-order valence-corrected chi connectivity index (χ3v) is 4.06. The highest BCUT2D eigenvalue weighted by atomic mass is 19.1. The summed E-state index contributed by atoms with van der Waals surface area (Å²) in [4.78, 5) is 25.8. The molecule has 0 radical (unpaired) electrons. The maximum absolute atomic E-state index is 14.0. The number of nitrogens with one attached hydrogen (secondary N) is 1. The Hall–Kier alpha value is -2.89. The summed E-state index contributed by atoms with van der Waals surface area (Å²) in [6.45, 7) is 3.83. The van der Waals surface area contributed by atoms with Gasteiger partial charge >= 0.3 is 0 Å². The first-order chi connectivity index (χ1) is 12.0. The first-order valence-corrected chi connectivity index (χ1v) is 8.10.